The number of aromatic nitrogens is 2. The molecule has 0 aliphatic heterocycles. The number of aliphatic imine (C=N–C) groups is 1. The maximum Gasteiger partial charge on any atom is 0.285 e. The van der Waals surface area contributed by atoms with Gasteiger partial charge < -0.3 is 5.73 Å². The topological polar surface area (TPSA) is 73.3 Å². The van der Waals surface area contributed by atoms with Gasteiger partial charge in [0.1, 0.15) is 17.2 Å². The van der Waals surface area contributed by atoms with Crippen LogP contribution in [0.15, 0.2) is 73.1 Å². The van der Waals surface area contributed by atoms with E-state index in [2.05, 4.69) is 22.1 Å². The van der Waals surface area contributed by atoms with E-state index in [9.17, 15) is 4.79 Å². The molecule has 0 atom stereocenters. The number of benzene rings is 2. The summed E-state index contributed by atoms with van der Waals surface area (Å²) in [6.45, 7) is 0. The van der Waals surface area contributed by atoms with Gasteiger partial charge in [-0.15, -0.1) is 35.3 Å². The zero-order valence-electron chi connectivity index (χ0n) is 16.7. The van der Waals surface area contributed by atoms with Gasteiger partial charge in [-0.2, -0.15) is 4.98 Å². The van der Waals surface area contributed by atoms with Gasteiger partial charge in [0.2, 0.25) is 0 Å². The molecule has 150 valence electrons. The van der Waals surface area contributed by atoms with Crippen molar-refractivity contribution in [3.05, 3.63) is 64.4 Å². The molecule has 1 heterocycles. The Kier molecular flexibility index (Phi) is 7.10. The van der Waals surface area contributed by atoms with Crippen LogP contribution in [0.4, 0.5) is 0 Å². The molecule has 0 aliphatic rings. The Bertz CT molecular complexity index is 1090. The lowest BCUT2D eigenvalue weighted by molar-refractivity contribution is 0.863. The fourth-order valence-electron chi connectivity index (χ4n) is 2.93. The monoisotopic (exact) mass is 442 g/mol. The number of thioether (sulfide) groups is 3. The Morgan fingerprint density at radius 2 is 1.48 bits per heavy atom. The van der Waals surface area contributed by atoms with Crippen molar-refractivity contribution in [3.8, 4) is 17.1 Å². The first-order valence-electron chi connectivity index (χ1n) is 8.76. The van der Waals surface area contributed by atoms with E-state index in [-0.39, 0.29) is 11.4 Å². The maximum atomic E-state index is 12.9. The zero-order valence-corrected chi connectivity index (χ0v) is 19.1. The van der Waals surface area contributed by atoms with Crippen LogP contribution in [-0.2, 0) is 0 Å². The molecule has 8 heteroatoms. The smallest absolute Gasteiger partial charge is 0.285 e. The van der Waals surface area contributed by atoms with E-state index in [1.165, 1.54) is 11.8 Å². The molecule has 0 radical (unpaired) electrons. The van der Waals surface area contributed by atoms with Crippen molar-refractivity contribution in [2.24, 2.45) is 10.7 Å². The molecule has 0 bridgehead atoms. The quantitative estimate of drug-likeness (QED) is 0.264. The van der Waals surface area contributed by atoms with Crippen LogP contribution in [0.5, 0.6) is 0 Å². The van der Waals surface area contributed by atoms with Crippen LogP contribution < -0.4 is 11.3 Å². The van der Waals surface area contributed by atoms with E-state index in [1.54, 1.807) is 30.6 Å². The maximum absolute atomic E-state index is 12.9. The summed E-state index contributed by atoms with van der Waals surface area (Å²) < 4.78 is 1.98. The fraction of sp³-hybridized carbons (Fsp3) is 0.190. The molecule has 1 aromatic heterocycles. The minimum Gasteiger partial charge on any atom is -0.383 e. The van der Waals surface area contributed by atoms with Gasteiger partial charge in [-0.25, -0.2) is 0 Å². The Morgan fingerprint density at radius 1 is 0.931 bits per heavy atom. The highest BCUT2D eigenvalue weighted by atomic mass is 32.2. The Morgan fingerprint density at radius 3 is 1.97 bits per heavy atom. The summed E-state index contributed by atoms with van der Waals surface area (Å²) >= 11 is 4.80. The van der Waals surface area contributed by atoms with Crippen molar-refractivity contribution < 1.29 is 0 Å². The molecule has 5 nitrogen and oxygen atoms in total. The van der Waals surface area contributed by atoms with E-state index < -0.39 is 0 Å². The molecular formula is C21H22N4OS3. The van der Waals surface area contributed by atoms with Gasteiger partial charge in [0.25, 0.3) is 5.56 Å². The first-order valence-corrected chi connectivity index (χ1v) is 12.4. The lowest BCUT2D eigenvalue weighted by atomic mass is 10.2. The molecule has 0 saturated heterocycles. The van der Waals surface area contributed by atoms with Crippen LogP contribution in [0.25, 0.3) is 17.1 Å². The molecule has 0 unspecified atom stereocenters. The van der Waals surface area contributed by atoms with E-state index in [0.717, 1.165) is 21.0 Å². The molecule has 0 amide bonds. The SMILES string of the molecule is CN=C(N)c1c(SC)n(-c2ccc(SC)cc2)c(-c2ccc(SC)cc2)nc1=O. The fourth-order valence-corrected chi connectivity index (χ4v) is 4.52. The standard InChI is InChI=1S/C21H22N4OS3/c1-23-18(22)17-20(26)24-19(13-5-9-15(27-2)10-6-13)25(21(17)29-4)14-7-11-16(28-3)12-8-14/h5-12H,1-4H3,(H2,22,23). The Labute approximate surface area is 183 Å². The second-order valence-corrected chi connectivity index (χ2v) is 8.55. The van der Waals surface area contributed by atoms with Gasteiger partial charge in [0, 0.05) is 28.1 Å². The van der Waals surface area contributed by atoms with Crippen molar-refractivity contribution in [3.63, 3.8) is 0 Å². The van der Waals surface area contributed by atoms with Crippen LogP contribution >= 0.6 is 35.3 Å². The van der Waals surface area contributed by atoms with Gasteiger partial charge in [-0.1, -0.05) is 12.1 Å². The largest absolute Gasteiger partial charge is 0.383 e. The predicted molar refractivity (Wildman–Crippen MR) is 127 cm³/mol. The van der Waals surface area contributed by atoms with Crippen LogP contribution in [0.1, 0.15) is 5.56 Å². The van der Waals surface area contributed by atoms with E-state index in [1.807, 2.05) is 59.7 Å². The third-order valence-corrected chi connectivity index (χ3v) is 6.68. The average molecular weight is 443 g/mol. The van der Waals surface area contributed by atoms with Crippen molar-refractivity contribution in [2.45, 2.75) is 14.8 Å². The highest BCUT2D eigenvalue weighted by Crippen LogP contribution is 2.30. The van der Waals surface area contributed by atoms with E-state index in [4.69, 9.17) is 5.73 Å². The summed E-state index contributed by atoms with van der Waals surface area (Å²) in [4.78, 5) is 23.7. The normalized spacial score (nSPS) is 11.7. The number of rotatable bonds is 6. The minimum absolute atomic E-state index is 0.186. The van der Waals surface area contributed by atoms with Crippen molar-refractivity contribution in [1.82, 2.24) is 9.55 Å². The van der Waals surface area contributed by atoms with Crippen LogP contribution in [0.3, 0.4) is 0 Å². The number of nitrogens with zero attached hydrogens (tertiary/aromatic N) is 3. The molecule has 29 heavy (non-hydrogen) atoms. The molecular weight excluding hydrogens is 420 g/mol. The second kappa shape index (κ2) is 9.56. The Balaban J connectivity index is 2.36. The summed E-state index contributed by atoms with van der Waals surface area (Å²) in [7, 11) is 1.57. The summed E-state index contributed by atoms with van der Waals surface area (Å²) in [5.41, 5.74) is 7.80. The molecule has 0 fully saturated rings. The lowest BCUT2D eigenvalue weighted by Crippen LogP contribution is -2.29. The second-order valence-electron chi connectivity index (χ2n) is 6.00. The van der Waals surface area contributed by atoms with Gasteiger partial charge in [-0.05, 0) is 55.2 Å². The first kappa shape index (κ1) is 21.5. The van der Waals surface area contributed by atoms with Gasteiger partial charge in [0.05, 0.1) is 5.03 Å². The first-order chi connectivity index (χ1) is 14.0. The minimum atomic E-state index is -0.377. The summed E-state index contributed by atoms with van der Waals surface area (Å²) in [6, 6.07) is 16.2. The van der Waals surface area contributed by atoms with Gasteiger partial charge >= 0.3 is 0 Å². The number of nitrogens with two attached hydrogens (primary N) is 1. The zero-order chi connectivity index (χ0) is 21.0. The molecule has 0 spiro atoms. The van der Waals surface area contributed by atoms with Crippen LogP contribution in [-0.4, -0.2) is 41.2 Å². The molecule has 2 aromatic carbocycles. The highest BCUT2D eigenvalue weighted by Gasteiger charge is 2.21. The summed E-state index contributed by atoms with van der Waals surface area (Å²) in [5, 5.41) is 0.717. The lowest BCUT2D eigenvalue weighted by Gasteiger charge is -2.20. The summed E-state index contributed by atoms with van der Waals surface area (Å²) in [5.74, 6) is 0.766. The third kappa shape index (κ3) is 4.39. The molecule has 2 N–H and O–H groups in total. The van der Waals surface area contributed by atoms with Crippen molar-refractivity contribution >= 4 is 41.1 Å². The van der Waals surface area contributed by atoms with Crippen LogP contribution in [0.2, 0.25) is 0 Å². The molecule has 3 aromatic rings. The third-order valence-electron chi connectivity index (χ3n) is 4.42. The van der Waals surface area contributed by atoms with Crippen molar-refractivity contribution in [1.29, 1.82) is 0 Å². The predicted octanol–water partition coefficient (Wildman–Crippen LogP) is 4.40. The highest BCUT2D eigenvalue weighted by molar-refractivity contribution is 7.99. The Hall–Kier alpha value is -2.16. The molecule has 0 saturated carbocycles. The van der Waals surface area contributed by atoms with E-state index in [0.29, 0.717) is 16.4 Å². The van der Waals surface area contributed by atoms with Gasteiger partial charge in [-0.3, -0.25) is 14.4 Å². The number of hydrogen-bond acceptors (Lipinski definition) is 6. The number of amidine groups is 1. The van der Waals surface area contributed by atoms with Gasteiger partial charge in [0.15, 0.2) is 0 Å². The van der Waals surface area contributed by atoms with Crippen molar-refractivity contribution in [2.75, 3.05) is 25.8 Å². The average Bonchev–Trinajstić information content (AvgIpc) is 2.77. The summed E-state index contributed by atoms with van der Waals surface area (Å²) in [6.07, 6.45) is 6.00. The molecule has 3 rings (SSSR count). The molecule has 0 aliphatic carbocycles. The van der Waals surface area contributed by atoms with E-state index >= 15 is 0 Å². The number of hydrogen-bond donors (Lipinski definition) is 1. The van der Waals surface area contributed by atoms with Crippen LogP contribution in [0, 0.1) is 0 Å².